The van der Waals surface area contributed by atoms with Crippen LogP contribution in [0.4, 0.5) is 5.82 Å². The molecule has 0 fully saturated rings. The van der Waals surface area contributed by atoms with Crippen molar-refractivity contribution >= 4 is 5.82 Å². The first kappa shape index (κ1) is 11.6. The van der Waals surface area contributed by atoms with Crippen LogP contribution in [-0.2, 0) is 0 Å². The van der Waals surface area contributed by atoms with Gasteiger partial charge in [0.25, 0.3) is 0 Å². The van der Waals surface area contributed by atoms with Crippen molar-refractivity contribution in [2.45, 2.75) is 26.3 Å². The molecule has 1 heterocycles. The highest BCUT2D eigenvalue weighted by Crippen LogP contribution is 2.20. The van der Waals surface area contributed by atoms with Gasteiger partial charge in [-0.3, -0.25) is 0 Å². The van der Waals surface area contributed by atoms with Gasteiger partial charge in [0, 0.05) is 6.20 Å². The van der Waals surface area contributed by atoms with Gasteiger partial charge in [-0.25, -0.2) is 4.98 Å². The second kappa shape index (κ2) is 5.48. The normalized spacial score (nSPS) is 12.1. The summed E-state index contributed by atoms with van der Waals surface area (Å²) in [5.74, 6) is 0.936. The molecule has 0 aliphatic carbocycles. The van der Waals surface area contributed by atoms with Gasteiger partial charge in [-0.2, -0.15) is 0 Å². The van der Waals surface area contributed by atoms with Crippen molar-refractivity contribution in [2.24, 2.45) is 0 Å². The van der Waals surface area contributed by atoms with Gasteiger partial charge in [-0.05, 0) is 30.5 Å². The maximum absolute atomic E-state index is 4.38. The number of nitrogens with one attached hydrogen (secondary N) is 1. The molecule has 1 N–H and O–H groups in total. The summed E-state index contributed by atoms with van der Waals surface area (Å²) in [6, 6.07) is 14.9. The SMILES string of the molecule is CCC(Nc1ccc(C)cn1)c1ccccc1. The molecule has 2 nitrogen and oxygen atoms in total. The molecular formula is C15H18N2. The van der Waals surface area contributed by atoms with Gasteiger partial charge < -0.3 is 5.32 Å². The van der Waals surface area contributed by atoms with Gasteiger partial charge in [0.05, 0.1) is 6.04 Å². The minimum Gasteiger partial charge on any atom is -0.363 e. The first-order valence-electron chi connectivity index (χ1n) is 6.03. The number of aromatic nitrogens is 1. The Bertz CT molecular complexity index is 448. The molecule has 1 unspecified atom stereocenters. The van der Waals surface area contributed by atoms with Crippen LogP contribution in [0.2, 0.25) is 0 Å². The molecule has 1 atom stereocenters. The summed E-state index contributed by atoms with van der Waals surface area (Å²) < 4.78 is 0. The average Bonchev–Trinajstić information content (AvgIpc) is 2.39. The molecule has 0 bridgehead atoms. The average molecular weight is 226 g/mol. The monoisotopic (exact) mass is 226 g/mol. The Morgan fingerprint density at radius 2 is 1.88 bits per heavy atom. The van der Waals surface area contributed by atoms with Crippen molar-refractivity contribution in [1.29, 1.82) is 0 Å². The van der Waals surface area contributed by atoms with Gasteiger partial charge >= 0.3 is 0 Å². The highest BCUT2D eigenvalue weighted by molar-refractivity contribution is 5.39. The maximum Gasteiger partial charge on any atom is 0.126 e. The highest BCUT2D eigenvalue weighted by atomic mass is 15.0. The van der Waals surface area contributed by atoms with E-state index in [4.69, 9.17) is 0 Å². The summed E-state index contributed by atoms with van der Waals surface area (Å²) in [7, 11) is 0. The van der Waals surface area contributed by atoms with Crippen LogP contribution < -0.4 is 5.32 Å². The molecule has 0 aliphatic rings. The second-order valence-corrected chi connectivity index (χ2v) is 4.24. The fourth-order valence-corrected chi connectivity index (χ4v) is 1.84. The van der Waals surface area contributed by atoms with Crippen LogP contribution in [0.25, 0.3) is 0 Å². The van der Waals surface area contributed by atoms with E-state index in [0.717, 1.165) is 12.2 Å². The quantitative estimate of drug-likeness (QED) is 0.853. The van der Waals surface area contributed by atoms with Crippen LogP contribution in [0, 0.1) is 6.92 Å². The smallest absolute Gasteiger partial charge is 0.126 e. The number of pyridine rings is 1. The van der Waals surface area contributed by atoms with E-state index in [2.05, 4.69) is 47.6 Å². The standard InChI is InChI=1S/C15H18N2/c1-3-14(13-7-5-4-6-8-13)17-15-10-9-12(2)11-16-15/h4-11,14H,3H2,1-2H3,(H,16,17). The summed E-state index contributed by atoms with van der Waals surface area (Å²) in [6.45, 7) is 4.23. The molecule has 0 saturated heterocycles. The van der Waals surface area contributed by atoms with E-state index in [-0.39, 0.29) is 0 Å². The van der Waals surface area contributed by atoms with Gasteiger partial charge in [0.1, 0.15) is 5.82 Å². The Kier molecular flexibility index (Phi) is 3.76. The van der Waals surface area contributed by atoms with E-state index in [1.807, 2.05) is 25.3 Å². The Morgan fingerprint density at radius 1 is 1.12 bits per heavy atom. The molecule has 1 aromatic heterocycles. The van der Waals surface area contributed by atoms with E-state index < -0.39 is 0 Å². The summed E-state index contributed by atoms with van der Waals surface area (Å²) in [6.07, 6.45) is 2.93. The number of nitrogens with zero attached hydrogens (tertiary/aromatic N) is 1. The van der Waals surface area contributed by atoms with Crippen molar-refractivity contribution in [1.82, 2.24) is 4.98 Å². The van der Waals surface area contributed by atoms with Crippen molar-refractivity contribution in [3.05, 3.63) is 59.8 Å². The predicted octanol–water partition coefficient (Wildman–Crippen LogP) is 3.95. The Labute approximate surface area is 103 Å². The summed E-state index contributed by atoms with van der Waals surface area (Å²) in [5, 5.41) is 3.46. The largest absolute Gasteiger partial charge is 0.363 e. The molecule has 2 heteroatoms. The number of anilines is 1. The first-order chi connectivity index (χ1) is 8.29. The highest BCUT2D eigenvalue weighted by Gasteiger charge is 2.08. The molecular weight excluding hydrogens is 208 g/mol. The van der Waals surface area contributed by atoms with Gasteiger partial charge in [-0.1, -0.05) is 43.3 Å². The zero-order valence-corrected chi connectivity index (χ0v) is 10.4. The van der Waals surface area contributed by atoms with Crippen LogP contribution in [0.1, 0.15) is 30.5 Å². The van der Waals surface area contributed by atoms with Crippen molar-refractivity contribution in [3.63, 3.8) is 0 Å². The Balaban J connectivity index is 2.13. The van der Waals surface area contributed by atoms with Crippen LogP contribution in [0.15, 0.2) is 48.7 Å². The third kappa shape index (κ3) is 3.06. The Hall–Kier alpha value is -1.83. The number of aryl methyl sites for hydroxylation is 1. The summed E-state index contributed by atoms with van der Waals surface area (Å²) >= 11 is 0. The van der Waals surface area contributed by atoms with Gasteiger partial charge in [0.15, 0.2) is 0 Å². The van der Waals surface area contributed by atoms with E-state index in [9.17, 15) is 0 Å². The van der Waals surface area contributed by atoms with Crippen molar-refractivity contribution in [3.8, 4) is 0 Å². The lowest BCUT2D eigenvalue weighted by Gasteiger charge is -2.18. The molecule has 17 heavy (non-hydrogen) atoms. The number of hydrogen-bond donors (Lipinski definition) is 1. The molecule has 0 spiro atoms. The lowest BCUT2D eigenvalue weighted by Crippen LogP contribution is -2.10. The molecule has 0 aliphatic heterocycles. The first-order valence-corrected chi connectivity index (χ1v) is 6.03. The molecule has 1 aromatic carbocycles. The van der Waals surface area contributed by atoms with Crippen molar-refractivity contribution < 1.29 is 0 Å². The third-order valence-electron chi connectivity index (χ3n) is 2.84. The zero-order chi connectivity index (χ0) is 12.1. The molecule has 2 aromatic rings. The van der Waals surface area contributed by atoms with Crippen LogP contribution in [-0.4, -0.2) is 4.98 Å². The maximum atomic E-state index is 4.38. The zero-order valence-electron chi connectivity index (χ0n) is 10.4. The van der Waals surface area contributed by atoms with Crippen LogP contribution in [0.3, 0.4) is 0 Å². The summed E-state index contributed by atoms with van der Waals surface area (Å²) in [4.78, 5) is 4.38. The fourth-order valence-electron chi connectivity index (χ4n) is 1.84. The summed E-state index contributed by atoms with van der Waals surface area (Å²) in [5.41, 5.74) is 2.49. The van der Waals surface area contributed by atoms with Gasteiger partial charge in [0.2, 0.25) is 0 Å². The molecule has 0 radical (unpaired) electrons. The predicted molar refractivity (Wildman–Crippen MR) is 72.1 cm³/mol. The topological polar surface area (TPSA) is 24.9 Å². The number of rotatable bonds is 4. The molecule has 0 saturated carbocycles. The fraction of sp³-hybridized carbons (Fsp3) is 0.267. The minimum atomic E-state index is 0.325. The number of benzene rings is 1. The van der Waals surface area contributed by atoms with Crippen LogP contribution in [0.5, 0.6) is 0 Å². The molecule has 0 amide bonds. The van der Waals surface area contributed by atoms with Gasteiger partial charge in [-0.15, -0.1) is 0 Å². The Morgan fingerprint density at radius 3 is 2.47 bits per heavy atom. The van der Waals surface area contributed by atoms with E-state index in [0.29, 0.717) is 6.04 Å². The van der Waals surface area contributed by atoms with E-state index >= 15 is 0 Å². The lowest BCUT2D eigenvalue weighted by molar-refractivity contribution is 0.744. The molecule has 88 valence electrons. The second-order valence-electron chi connectivity index (χ2n) is 4.24. The van der Waals surface area contributed by atoms with E-state index in [1.165, 1.54) is 11.1 Å². The minimum absolute atomic E-state index is 0.325. The van der Waals surface area contributed by atoms with E-state index in [1.54, 1.807) is 0 Å². The van der Waals surface area contributed by atoms with Crippen LogP contribution >= 0.6 is 0 Å². The van der Waals surface area contributed by atoms with Crippen molar-refractivity contribution in [2.75, 3.05) is 5.32 Å². The third-order valence-corrected chi connectivity index (χ3v) is 2.84. The number of hydrogen-bond acceptors (Lipinski definition) is 2. The lowest BCUT2D eigenvalue weighted by atomic mass is 10.0. The molecule has 2 rings (SSSR count).